The van der Waals surface area contributed by atoms with Crippen molar-refractivity contribution in [3.63, 3.8) is 0 Å². The van der Waals surface area contributed by atoms with Crippen molar-refractivity contribution >= 4 is 28.7 Å². The fourth-order valence-corrected chi connectivity index (χ4v) is 3.50. The second kappa shape index (κ2) is 7.60. The van der Waals surface area contributed by atoms with Crippen LogP contribution in [-0.4, -0.2) is 19.1 Å². The normalized spacial score (nSPS) is 11.1. The van der Waals surface area contributed by atoms with E-state index in [4.69, 9.17) is 11.6 Å². The number of nitrogens with zero attached hydrogens (tertiary/aromatic N) is 3. The number of hydrogen-bond donors (Lipinski definition) is 2. The van der Waals surface area contributed by atoms with Gasteiger partial charge in [-0.3, -0.25) is 18.9 Å². The smallest absolute Gasteiger partial charge is 0.329 e. The number of hydrogen-bond acceptors (Lipinski definition) is 4. The summed E-state index contributed by atoms with van der Waals surface area (Å²) in [5.74, 6) is 0.495. The number of H-pyrrole nitrogens is 1. The minimum Gasteiger partial charge on any atom is -0.351 e. The first kappa shape index (κ1) is 19.0. The zero-order chi connectivity index (χ0) is 20.5. The van der Waals surface area contributed by atoms with Crippen LogP contribution in [0.25, 0.3) is 11.2 Å². The second-order valence-electron chi connectivity index (χ2n) is 6.88. The topological polar surface area (TPSA) is 84.7 Å². The van der Waals surface area contributed by atoms with Crippen LogP contribution >= 0.6 is 11.6 Å². The van der Waals surface area contributed by atoms with Crippen molar-refractivity contribution in [3.8, 4) is 0 Å². The Morgan fingerprint density at radius 1 is 1.07 bits per heavy atom. The lowest BCUT2D eigenvalue weighted by molar-refractivity contribution is 0.802. The molecular weight excluding hydrogens is 390 g/mol. The molecule has 148 valence electrons. The van der Waals surface area contributed by atoms with E-state index in [1.165, 1.54) is 4.57 Å². The van der Waals surface area contributed by atoms with Gasteiger partial charge in [0.25, 0.3) is 5.56 Å². The monoisotopic (exact) mass is 409 g/mol. The summed E-state index contributed by atoms with van der Waals surface area (Å²) in [6, 6.07) is 15.5. The van der Waals surface area contributed by atoms with Crippen LogP contribution < -0.4 is 16.6 Å². The zero-order valence-electron chi connectivity index (χ0n) is 16.1. The molecule has 0 unspecified atom stereocenters. The van der Waals surface area contributed by atoms with Crippen LogP contribution in [0.4, 0.5) is 5.95 Å². The highest BCUT2D eigenvalue weighted by Crippen LogP contribution is 2.21. The summed E-state index contributed by atoms with van der Waals surface area (Å²) in [6.07, 6.45) is 0. The van der Waals surface area contributed by atoms with Crippen molar-refractivity contribution in [2.75, 3.05) is 5.32 Å². The largest absolute Gasteiger partial charge is 0.351 e. The van der Waals surface area contributed by atoms with Crippen molar-refractivity contribution in [1.29, 1.82) is 0 Å². The molecular formula is C21H20ClN5O2. The number of aromatic nitrogens is 4. The zero-order valence-corrected chi connectivity index (χ0v) is 16.8. The van der Waals surface area contributed by atoms with Crippen molar-refractivity contribution < 1.29 is 0 Å². The Morgan fingerprint density at radius 3 is 2.48 bits per heavy atom. The van der Waals surface area contributed by atoms with Crippen LogP contribution in [0.5, 0.6) is 0 Å². The molecule has 4 rings (SSSR count). The van der Waals surface area contributed by atoms with Crippen LogP contribution in [0.2, 0.25) is 5.02 Å². The van der Waals surface area contributed by atoms with Crippen LogP contribution in [0.3, 0.4) is 0 Å². The summed E-state index contributed by atoms with van der Waals surface area (Å²) in [7, 11) is 1.59. The third-order valence-corrected chi connectivity index (χ3v) is 5.36. The molecule has 8 heteroatoms. The summed E-state index contributed by atoms with van der Waals surface area (Å²) < 4.78 is 3.14. The fraction of sp³-hybridized carbons (Fsp3) is 0.190. The molecule has 4 aromatic rings. The van der Waals surface area contributed by atoms with Crippen molar-refractivity contribution in [3.05, 3.63) is 91.1 Å². The lowest BCUT2D eigenvalue weighted by Crippen LogP contribution is -2.29. The van der Waals surface area contributed by atoms with Gasteiger partial charge in [-0.25, -0.2) is 4.79 Å². The fourth-order valence-electron chi connectivity index (χ4n) is 3.30. The van der Waals surface area contributed by atoms with E-state index in [9.17, 15) is 9.59 Å². The number of aromatic amines is 1. The van der Waals surface area contributed by atoms with Gasteiger partial charge in [-0.05, 0) is 29.7 Å². The number of aryl methyl sites for hydroxylation is 2. The summed E-state index contributed by atoms with van der Waals surface area (Å²) in [5, 5.41) is 3.92. The van der Waals surface area contributed by atoms with Gasteiger partial charge in [-0.1, -0.05) is 54.1 Å². The van der Waals surface area contributed by atoms with Gasteiger partial charge in [-0.15, -0.1) is 0 Å². The van der Waals surface area contributed by atoms with Gasteiger partial charge in [-0.2, -0.15) is 4.98 Å². The van der Waals surface area contributed by atoms with Gasteiger partial charge >= 0.3 is 5.69 Å². The molecule has 0 atom stereocenters. The van der Waals surface area contributed by atoms with Gasteiger partial charge in [0.1, 0.15) is 0 Å². The molecule has 2 N–H and O–H groups in total. The molecule has 0 aliphatic carbocycles. The SMILES string of the molecule is Cc1ccccc1Cn1c(NCc2ccccc2Cl)nc2c1c(=O)[nH]c(=O)n2C. The van der Waals surface area contributed by atoms with E-state index in [-0.39, 0.29) is 0 Å². The van der Waals surface area contributed by atoms with Crippen LogP contribution in [-0.2, 0) is 20.1 Å². The highest BCUT2D eigenvalue weighted by Gasteiger charge is 2.18. The summed E-state index contributed by atoms with van der Waals surface area (Å²) in [5.41, 5.74) is 2.78. The first-order chi connectivity index (χ1) is 14.0. The van der Waals surface area contributed by atoms with Gasteiger partial charge < -0.3 is 5.32 Å². The molecule has 0 fully saturated rings. The Balaban J connectivity index is 1.84. The predicted molar refractivity (Wildman–Crippen MR) is 115 cm³/mol. The number of halogens is 1. The number of anilines is 1. The van der Waals surface area contributed by atoms with Gasteiger partial charge in [0.2, 0.25) is 5.95 Å². The first-order valence-corrected chi connectivity index (χ1v) is 9.55. The Morgan fingerprint density at radius 2 is 1.76 bits per heavy atom. The summed E-state index contributed by atoms with van der Waals surface area (Å²) in [4.78, 5) is 31.6. The van der Waals surface area contributed by atoms with Crippen LogP contribution in [0, 0.1) is 6.92 Å². The number of imidazole rings is 1. The molecule has 2 aromatic carbocycles. The molecule has 0 radical (unpaired) electrons. The maximum absolute atomic E-state index is 12.6. The average molecular weight is 410 g/mol. The van der Waals surface area contributed by atoms with E-state index < -0.39 is 11.2 Å². The van der Waals surface area contributed by atoms with E-state index in [0.29, 0.717) is 35.2 Å². The van der Waals surface area contributed by atoms with E-state index in [2.05, 4.69) is 15.3 Å². The third kappa shape index (κ3) is 3.56. The van der Waals surface area contributed by atoms with Gasteiger partial charge in [0, 0.05) is 18.6 Å². The van der Waals surface area contributed by atoms with E-state index in [1.54, 1.807) is 11.6 Å². The first-order valence-electron chi connectivity index (χ1n) is 9.17. The minimum atomic E-state index is -0.499. The number of rotatable bonds is 5. The van der Waals surface area contributed by atoms with Gasteiger partial charge in [0.15, 0.2) is 11.2 Å². The molecule has 0 amide bonds. The van der Waals surface area contributed by atoms with Crippen molar-refractivity contribution in [2.45, 2.75) is 20.0 Å². The molecule has 0 bridgehead atoms. The molecule has 0 saturated carbocycles. The molecule has 2 aromatic heterocycles. The Labute approximate surface area is 171 Å². The van der Waals surface area contributed by atoms with E-state index >= 15 is 0 Å². The Bertz CT molecular complexity index is 1320. The highest BCUT2D eigenvalue weighted by molar-refractivity contribution is 6.31. The van der Waals surface area contributed by atoms with Gasteiger partial charge in [0.05, 0.1) is 6.54 Å². The lowest BCUT2D eigenvalue weighted by Gasteiger charge is -2.12. The minimum absolute atomic E-state index is 0.328. The number of nitrogens with one attached hydrogen (secondary N) is 2. The van der Waals surface area contributed by atoms with Crippen LogP contribution in [0.1, 0.15) is 16.7 Å². The predicted octanol–water partition coefficient (Wildman–Crippen LogP) is 3.05. The maximum atomic E-state index is 12.6. The second-order valence-corrected chi connectivity index (χ2v) is 7.29. The molecule has 0 saturated heterocycles. The standard InChI is InChI=1S/C21H20ClN5O2/c1-13-7-3-4-9-15(13)12-27-17-18(26(2)21(29)25-19(17)28)24-20(27)23-11-14-8-5-6-10-16(14)22/h3-10H,11-12H2,1-2H3,(H,23,24)(H,25,28,29). The molecule has 7 nitrogen and oxygen atoms in total. The lowest BCUT2D eigenvalue weighted by atomic mass is 10.1. The molecule has 0 aliphatic heterocycles. The van der Waals surface area contributed by atoms with Crippen molar-refractivity contribution in [2.24, 2.45) is 7.05 Å². The number of fused-ring (bicyclic) bond motifs is 1. The van der Waals surface area contributed by atoms with Crippen molar-refractivity contribution in [1.82, 2.24) is 19.1 Å². The highest BCUT2D eigenvalue weighted by atomic mass is 35.5. The molecule has 0 spiro atoms. The number of benzene rings is 2. The van der Waals surface area contributed by atoms with E-state index in [0.717, 1.165) is 16.7 Å². The summed E-state index contributed by atoms with van der Waals surface area (Å²) >= 11 is 6.26. The molecule has 29 heavy (non-hydrogen) atoms. The molecule has 0 aliphatic rings. The Hall–Kier alpha value is -3.32. The molecule has 2 heterocycles. The average Bonchev–Trinajstić information content (AvgIpc) is 3.06. The van der Waals surface area contributed by atoms with E-state index in [1.807, 2.05) is 55.5 Å². The maximum Gasteiger partial charge on any atom is 0.329 e. The third-order valence-electron chi connectivity index (χ3n) is 4.99. The quantitative estimate of drug-likeness (QED) is 0.530. The Kier molecular flexibility index (Phi) is 4.98. The van der Waals surface area contributed by atoms with Crippen LogP contribution in [0.15, 0.2) is 58.1 Å². The summed E-state index contributed by atoms with van der Waals surface area (Å²) in [6.45, 7) is 2.89.